The SMILES string of the molecule is CCOC[C@@H]1CCC2(CCN(Cc3csc(C)n3)CC2)N1C. The van der Waals surface area contributed by atoms with Crippen LogP contribution < -0.4 is 0 Å². The first-order chi connectivity index (χ1) is 10.6. The summed E-state index contributed by atoms with van der Waals surface area (Å²) in [5, 5.41) is 3.39. The van der Waals surface area contributed by atoms with Crippen molar-refractivity contribution < 1.29 is 4.74 Å². The van der Waals surface area contributed by atoms with Crippen molar-refractivity contribution in [2.24, 2.45) is 0 Å². The molecule has 0 aromatic carbocycles. The van der Waals surface area contributed by atoms with Crippen LogP contribution in [0.3, 0.4) is 0 Å². The van der Waals surface area contributed by atoms with E-state index in [0.717, 1.165) is 19.8 Å². The van der Waals surface area contributed by atoms with Crippen LogP contribution in [-0.4, -0.2) is 59.7 Å². The second kappa shape index (κ2) is 6.95. The number of aryl methyl sites for hydroxylation is 1. The van der Waals surface area contributed by atoms with E-state index in [9.17, 15) is 0 Å². The van der Waals surface area contributed by atoms with Crippen LogP contribution in [0.1, 0.15) is 43.3 Å². The highest BCUT2D eigenvalue weighted by Crippen LogP contribution is 2.40. The van der Waals surface area contributed by atoms with Crippen LogP contribution in [0, 0.1) is 6.92 Å². The number of likely N-dealkylation sites (N-methyl/N-ethyl adjacent to an activating group) is 1. The number of piperidine rings is 1. The molecule has 1 spiro atoms. The largest absolute Gasteiger partial charge is 0.380 e. The molecule has 1 aromatic heterocycles. The normalized spacial score (nSPS) is 26.0. The molecule has 4 nitrogen and oxygen atoms in total. The van der Waals surface area contributed by atoms with Gasteiger partial charge in [-0.05, 0) is 46.6 Å². The minimum Gasteiger partial charge on any atom is -0.380 e. The van der Waals surface area contributed by atoms with Crippen LogP contribution in [-0.2, 0) is 11.3 Å². The first-order valence-electron chi connectivity index (χ1n) is 8.57. The molecular formula is C17H29N3OS. The molecule has 0 amide bonds. The van der Waals surface area contributed by atoms with Gasteiger partial charge >= 0.3 is 0 Å². The van der Waals surface area contributed by atoms with Gasteiger partial charge in [0.2, 0.25) is 0 Å². The quantitative estimate of drug-likeness (QED) is 0.833. The van der Waals surface area contributed by atoms with Crippen molar-refractivity contribution in [3.63, 3.8) is 0 Å². The van der Waals surface area contributed by atoms with Crippen molar-refractivity contribution in [3.05, 3.63) is 16.1 Å². The highest BCUT2D eigenvalue weighted by molar-refractivity contribution is 7.09. The van der Waals surface area contributed by atoms with E-state index >= 15 is 0 Å². The lowest BCUT2D eigenvalue weighted by Crippen LogP contribution is -2.52. The second-order valence-corrected chi connectivity index (χ2v) is 7.88. The predicted octanol–water partition coefficient (Wildman–Crippen LogP) is 2.92. The summed E-state index contributed by atoms with van der Waals surface area (Å²) in [6, 6.07) is 0.618. The van der Waals surface area contributed by atoms with Gasteiger partial charge in [0, 0.05) is 43.2 Å². The monoisotopic (exact) mass is 323 g/mol. The molecule has 0 unspecified atom stereocenters. The van der Waals surface area contributed by atoms with E-state index in [2.05, 4.69) is 41.1 Å². The van der Waals surface area contributed by atoms with Gasteiger partial charge in [0.25, 0.3) is 0 Å². The Morgan fingerprint density at radius 2 is 2.14 bits per heavy atom. The van der Waals surface area contributed by atoms with Crippen molar-refractivity contribution >= 4 is 11.3 Å². The summed E-state index contributed by atoms with van der Waals surface area (Å²) in [4.78, 5) is 9.81. The number of hydrogen-bond acceptors (Lipinski definition) is 5. The number of aromatic nitrogens is 1. The van der Waals surface area contributed by atoms with Gasteiger partial charge in [-0.3, -0.25) is 9.80 Å². The topological polar surface area (TPSA) is 28.6 Å². The van der Waals surface area contributed by atoms with Crippen molar-refractivity contribution in [2.75, 3.05) is 33.4 Å². The molecule has 22 heavy (non-hydrogen) atoms. The van der Waals surface area contributed by atoms with Crippen LogP contribution in [0.4, 0.5) is 0 Å². The molecule has 124 valence electrons. The van der Waals surface area contributed by atoms with Crippen LogP contribution in [0.15, 0.2) is 5.38 Å². The molecular weight excluding hydrogens is 294 g/mol. The number of nitrogens with zero attached hydrogens (tertiary/aromatic N) is 3. The molecule has 0 bridgehead atoms. The molecule has 2 aliphatic rings. The third-order valence-electron chi connectivity index (χ3n) is 5.59. The summed E-state index contributed by atoms with van der Waals surface area (Å²) < 4.78 is 5.67. The minimum atomic E-state index is 0.427. The lowest BCUT2D eigenvalue weighted by atomic mass is 9.85. The first kappa shape index (κ1) is 16.4. The van der Waals surface area contributed by atoms with E-state index in [4.69, 9.17) is 4.74 Å². The van der Waals surface area contributed by atoms with Gasteiger partial charge in [-0.15, -0.1) is 11.3 Å². The molecule has 2 saturated heterocycles. The van der Waals surface area contributed by atoms with E-state index < -0.39 is 0 Å². The second-order valence-electron chi connectivity index (χ2n) is 6.82. The summed E-state index contributed by atoms with van der Waals surface area (Å²) >= 11 is 1.76. The summed E-state index contributed by atoms with van der Waals surface area (Å²) in [5.74, 6) is 0. The van der Waals surface area contributed by atoms with E-state index in [1.54, 1.807) is 11.3 Å². The highest BCUT2D eigenvalue weighted by atomic mass is 32.1. The van der Waals surface area contributed by atoms with E-state index in [1.165, 1.54) is 49.5 Å². The van der Waals surface area contributed by atoms with E-state index in [0.29, 0.717) is 11.6 Å². The van der Waals surface area contributed by atoms with Gasteiger partial charge in [0.05, 0.1) is 17.3 Å². The maximum absolute atomic E-state index is 5.67. The molecule has 5 heteroatoms. The van der Waals surface area contributed by atoms with Crippen LogP contribution >= 0.6 is 11.3 Å². The maximum atomic E-state index is 5.67. The molecule has 0 N–H and O–H groups in total. The lowest BCUT2D eigenvalue weighted by Gasteiger charge is -2.45. The zero-order chi connectivity index (χ0) is 15.6. The number of thiazole rings is 1. The Morgan fingerprint density at radius 3 is 2.77 bits per heavy atom. The molecule has 0 aliphatic carbocycles. The van der Waals surface area contributed by atoms with Gasteiger partial charge < -0.3 is 4.74 Å². The molecule has 2 fully saturated rings. The van der Waals surface area contributed by atoms with Gasteiger partial charge in [-0.1, -0.05) is 0 Å². The van der Waals surface area contributed by atoms with E-state index in [1.807, 2.05) is 0 Å². The molecule has 2 aliphatic heterocycles. The Hall–Kier alpha value is -0.490. The Kier molecular flexibility index (Phi) is 5.17. The fourth-order valence-corrected chi connectivity index (χ4v) is 4.69. The Morgan fingerprint density at radius 1 is 1.36 bits per heavy atom. The molecule has 3 rings (SSSR count). The van der Waals surface area contributed by atoms with Crippen LogP contribution in [0.25, 0.3) is 0 Å². The number of hydrogen-bond donors (Lipinski definition) is 0. The van der Waals surface area contributed by atoms with Crippen LogP contribution in [0.2, 0.25) is 0 Å². The van der Waals surface area contributed by atoms with Crippen LogP contribution in [0.5, 0.6) is 0 Å². The average Bonchev–Trinajstić information content (AvgIpc) is 3.05. The summed E-state index contributed by atoms with van der Waals surface area (Å²) in [5.41, 5.74) is 1.67. The Bertz CT molecular complexity index is 482. The van der Waals surface area contributed by atoms with Gasteiger partial charge in [-0.25, -0.2) is 4.98 Å². The number of rotatable bonds is 5. The first-order valence-corrected chi connectivity index (χ1v) is 9.45. The molecule has 0 radical (unpaired) electrons. The third kappa shape index (κ3) is 3.37. The standard InChI is InChI=1S/C17H29N3OS/c1-4-21-12-16-5-6-17(19(16)3)7-9-20(10-8-17)11-15-13-22-14(2)18-15/h13,16H,4-12H2,1-3H3/t16-/m0/s1. The summed E-state index contributed by atoms with van der Waals surface area (Å²) in [7, 11) is 2.32. The summed E-state index contributed by atoms with van der Waals surface area (Å²) in [6.07, 6.45) is 5.21. The fraction of sp³-hybridized carbons (Fsp3) is 0.824. The third-order valence-corrected chi connectivity index (χ3v) is 6.41. The van der Waals surface area contributed by atoms with E-state index in [-0.39, 0.29) is 0 Å². The molecule has 1 aromatic rings. The zero-order valence-electron chi connectivity index (χ0n) is 14.2. The highest BCUT2D eigenvalue weighted by Gasteiger charge is 2.45. The van der Waals surface area contributed by atoms with Gasteiger partial charge in [0.15, 0.2) is 0 Å². The predicted molar refractivity (Wildman–Crippen MR) is 91.4 cm³/mol. The maximum Gasteiger partial charge on any atom is 0.0897 e. The molecule has 1 atom stereocenters. The van der Waals surface area contributed by atoms with Gasteiger partial charge in [0.1, 0.15) is 0 Å². The Balaban J connectivity index is 1.52. The van der Waals surface area contributed by atoms with Gasteiger partial charge in [-0.2, -0.15) is 0 Å². The lowest BCUT2D eigenvalue weighted by molar-refractivity contribution is 0.0204. The van der Waals surface area contributed by atoms with Crippen molar-refractivity contribution in [1.82, 2.24) is 14.8 Å². The van der Waals surface area contributed by atoms with Crippen molar-refractivity contribution in [2.45, 2.75) is 57.7 Å². The molecule has 3 heterocycles. The average molecular weight is 324 g/mol. The number of ether oxygens (including phenoxy) is 1. The fourth-order valence-electron chi connectivity index (χ4n) is 4.08. The smallest absolute Gasteiger partial charge is 0.0897 e. The number of likely N-dealkylation sites (tertiary alicyclic amines) is 2. The van der Waals surface area contributed by atoms with Crippen molar-refractivity contribution in [3.8, 4) is 0 Å². The molecule has 0 saturated carbocycles. The minimum absolute atomic E-state index is 0.427. The Labute approximate surface area is 138 Å². The van der Waals surface area contributed by atoms with Crippen molar-refractivity contribution in [1.29, 1.82) is 0 Å². The summed E-state index contributed by atoms with van der Waals surface area (Å²) in [6.45, 7) is 9.32. The zero-order valence-corrected chi connectivity index (χ0v) is 15.0.